The van der Waals surface area contributed by atoms with E-state index in [1.807, 2.05) is 50.2 Å². The Kier molecular flexibility index (Phi) is 7.48. The van der Waals surface area contributed by atoms with Gasteiger partial charge in [-0.3, -0.25) is 9.63 Å². The smallest absolute Gasteiger partial charge is 0.407 e. The molecule has 0 aliphatic heterocycles. The number of hydrogen-bond donors (Lipinski definition) is 2. The third-order valence-corrected chi connectivity index (χ3v) is 5.58. The average molecular weight is 440 g/mol. The van der Waals surface area contributed by atoms with Crippen molar-refractivity contribution in [1.29, 1.82) is 0 Å². The van der Waals surface area contributed by atoms with E-state index in [4.69, 9.17) is 14.7 Å². The molecule has 2 amide bonds. The van der Waals surface area contributed by atoms with E-state index >= 15 is 0 Å². The van der Waals surface area contributed by atoms with Gasteiger partial charge in [0.25, 0.3) is 0 Å². The Balaban J connectivity index is 1.59. The topological polar surface area (TPSA) is 105 Å². The maximum absolute atomic E-state index is 12.5. The van der Waals surface area contributed by atoms with E-state index in [-0.39, 0.29) is 24.9 Å². The minimum Gasteiger partial charge on any atom is -0.479 e. The van der Waals surface area contributed by atoms with Crippen LogP contribution in [-0.4, -0.2) is 54.4 Å². The molecule has 0 fully saturated rings. The summed E-state index contributed by atoms with van der Waals surface area (Å²) in [6, 6.07) is 15.7. The molecule has 8 nitrogen and oxygen atoms in total. The van der Waals surface area contributed by atoms with Crippen molar-refractivity contribution in [1.82, 2.24) is 10.4 Å². The molecule has 170 valence electrons. The fourth-order valence-electron chi connectivity index (χ4n) is 3.79. The number of carbonyl (C=O) groups excluding carboxylic acids is 2. The van der Waals surface area contributed by atoms with Crippen LogP contribution in [0.15, 0.2) is 48.5 Å². The van der Waals surface area contributed by atoms with Crippen molar-refractivity contribution in [2.45, 2.75) is 32.2 Å². The number of rotatable bonds is 9. The second-order valence-electron chi connectivity index (χ2n) is 8.08. The van der Waals surface area contributed by atoms with Crippen LogP contribution in [0.5, 0.6) is 0 Å². The number of nitrogens with one attached hydrogen (secondary N) is 1. The summed E-state index contributed by atoms with van der Waals surface area (Å²) in [5.41, 5.74) is 4.53. The van der Waals surface area contributed by atoms with E-state index in [0.717, 1.165) is 27.3 Å². The number of aliphatic carboxylic acids is 1. The number of carbonyl (C=O) groups is 3. The molecule has 0 heterocycles. The quantitative estimate of drug-likeness (QED) is 0.579. The van der Waals surface area contributed by atoms with Crippen molar-refractivity contribution < 1.29 is 29.1 Å². The van der Waals surface area contributed by atoms with Gasteiger partial charge in [-0.1, -0.05) is 62.4 Å². The monoisotopic (exact) mass is 440 g/mol. The van der Waals surface area contributed by atoms with E-state index in [1.54, 1.807) is 0 Å². The van der Waals surface area contributed by atoms with Crippen LogP contribution in [0.2, 0.25) is 0 Å². The third kappa shape index (κ3) is 5.45. The number of fused-ring (bicyclic) bond motifs is 3. The zero-order valence-electron chi connectivity index (χ0n) is 18.4. The molecule has 1 atom stereocenters. The predicted octanol–water partition coefficient (Wildman–Crippen LogP) is 3.41. The predicted molar refractivity (Wildman–Crippen MR) is 118 cm³/mol. The Morgan fingerprint density at radius 3 is 2.12 bits per heavy atom. The standard InChI is InChI=1S/C24H28N2O6/c1-15(2)21(12-22(27)26(3)32-14-23(28)29)25-24(30)31-13-20-18-10-6-4-8-16(18)17-9-5-7-11-19(17)20/h4-11,15,20-21H,12-14H2,1-3H3,(H,25,30)(H,28,29)/t21-/m0/s1. The fraction of sp³-hybridized carbons (Fsp3) is 0.375. The number of ether oxygens (including phenoxy) is 1. The molecule has 2 N–H and O–H groups in total. The summed E-state index contributed by atoms with van der Waals surface area (Å²) < 4.78 is 5.56. The molecule has 1 aliphatic carbocycles. The van der Waals surface area contributed by atoms with E-state index in [2.05, 4.69) is 17.4 Å². The van der Waals surface area contributed by atoms with Crippen molar-refractivity contribution in [3.63, 3.8) is 0 Å². The van der Waals surface area contributed by atoms with E-state index in [9.17, 15) is 14.4 Å². The second kappa shape index (κ2) is 10.3. The number of amides is 2. The van der Waals surface area contributed by atoms with Crippen LogP contribution in [0.4, 0.5) is 4.79 Å². The molecular weight excluding hydrogens is 412 g/mol. The van der Waals surface area contributed by atoms with Gasteiger partial charge in [0.05, 0.1) is 0 Å². The van der Waals surface area contributed by atoms with Crippen molar-refractivity contribution >= 4 is 18.0 Å². The Morgan fingerprint density at radius 2 is 1.59 bits per heavy atom. The SMILES string of the molecule is CC(C)[C@H](CC(=O)N(C)OCC(=O)O)NC(=O)OCC1c2ccccc2-c2ccccc21. The highest BCUT2D eigenvalue weighted by Gasteiger charge is 2.30. The number of carboxylic acid groups (broad SMARTS) is 1. The maximum atomic E-state index is 12.5. The number of hydrogen-bond acceptors (Lipinski definition) is 5. The summed E-state index contributed by atoms with van der Waals surface area (Å²) in [5, 5.41) is 12.3. The first-order valence-electron chi connectivity index (χ1n) is 10.5. The van der Waals surface area contributed by atoms with Gasteiger partial charge in [-0.25, -0.2) is 14.7 Å². The molecule has 3 rings (SSSR count). The molecule has 2 aromatic rings. The van der Waals surface area contributed by atoms with Gasteiger partial charge in [0.1, 0.15) is 6.61 Å². The highest BCUT2D eigenvalue weighted by Crippen LogP contribution is 2.44. The summed E-state index contributed by atoms with van der Waals surface area (Å²) in [7, 11) is 1.34. The summed E-state index contributed by atoms with van der Waals surface area (Å²) in [6.45, 7) is 3.31. The van der Waals surface area contributed by atoms with Crippen LogP contribution in [-0.2, 0) is 19.2 Å². The first-order chi connectivity index (χ1) is 15.3. The van der Waals surface area contributed by atoms with Crippen molar-refractivity contribution in [2.75, 3.05) is 20.3 Å². The summed E-state index contributed by atoms with van der Waals surface area (Å²) in [4.78, 5) is 40.3. The minimum atomic E-state index is -1.18. The maximum Gasteiger partial charge on any atom is 0.407 e. The number of hydroxylamine groups is 2. The molecule has 0 spiro atoms. The van der Waals surface area contributed by atoms with Crippen molar-refractivity contribution in [2.24, 2.45) is 5.92 Å². The lowest BCUT2D eigenvalue weighted by molar-refractivity contribution is -0.186. The largest absolute Gasteiger partial charge is 0.479 e. The number of alkyl carbamates (subject to hydrolysis) is 1. The van der Waals surface area contributed by atoms with Crippen LogP contribution in [0.25, 0.3) is 11.1 Å². The molecule has 0 aromatic heterocycles. The van der Waals surface area contributed by atoms with Crippen molar-refractivity contribution in [3.8, 4) is 11.1 Å². The summed E-state index contributed by atoms with van der Waals surface area (Å²) in [6.07, 6.45) is -0.648. The molecule has 1 aliphatic rings. The van der Waals surface area contributed by atoms with Crippen LogP contribution in [0, 0.1) is 5.92 Å². The molecule has 32 heavy (non-hydrogen) atoms. The molecule has 2 aromatic carbocycles. The van der Waals surface area contributed by atoms with Crippen LogP contribution in [0.1, 0.15) is 37.3 Å². The number of carboxylic acids is 1. The molecule has 0 bridgehead atoms. The fourth-order valence-corrected chi connectivity index (χ4v) is 3.79. The molecular formula is C24H28N2O6. The van der Waals surface area contributed by atoms with Crippen LogP contribution < -0.4 is 5.32 Å². The van der Waals surface area contributed by atoms with Gasteiger partial charge >= 0.3 is 12.1 Å². The van der Waals surface area contributed by atoms with Gasteiger partial charge in [0, 0.05) is 25.4 Å². The van der Waals surface area contributed by atoms with E-state index in [1.165, 1.54) is 7.05 Å². The van der Waals surface area contributed by atoms with Gasteiger partial charge in [-0.05, 0) is 28.2 Å². The lowest BCUT2D eigenvalue weighted by Crippen LogP contribution is -2.43. The third-order valence-electron chi connectivity index (χ3n) is 5.58. The highest BCUT2D eigenvalue weighted by atomic mass is 16.7. The minimum absolute atomic E-state index is 0.0437. The molecule has 0 unspecified atom stereocenters. The normalized spacial score (nSPS) is 13.2. The average Bonchev–Trinajstić information content (AvgIpc) is 3.09. The van der Waals surface area contributed by atoms with Gasteiger partial charge in [0.2, 0.25) is 5.91 Å². The molecule has 0 saturated heterocycles. The highest BCUT2D eigenvalue weighted by molar-refractivity contribution is 5.79. The van der Waals surface area contributed by atoms with Crippen molar-refractivity contribution in [3.05, 3.63) is 59.7 Å². The first kappa shape index (κ1) is 23.3. The number of benzene rings is 2. The zero-order valence-corrected chi connectivity index (χ0v) is 18.4. The zero-order chi connectivity index (χ0) is 23.3. The Labute approximate surface area is 187 Å². The van der Waals surface area contributed by atoms with Gasteiger partial charge in [0.15, 0.2) is 6.61 Å². The lowest BCUT2D eigenvalue weighted by Gasteiger charge is -2.24. The molecule has 0 saturated carbocycles. The van der Waals surface area contributed by atoms with E-state index < -0.39 is 30.6 Å². The van der Waals surface area contributed by atoms with Crippen LogP contribution >= 0.6 is 0 Å². The first-order valence-corrected chi connectivity index (χ1v) is 10.5. The van der Waals surface area contributed by atoms with Gasteiger partial charge in [-0.15, -0.1) is 0 Å². The molecule has 0 radical (unpaired) electrons. The molecule has 8 heteroatoms. The second-order valence-corrected chi connectivity index (χ2v) is 8.08. The Hall–Kier alpha value is -3.39. The number of nitrogens with zero attached hydrogens (tertiary/aromatic N) is 1. The Bertz CT molecular complexity index is 944. The van der Waals surface area contributed by atoms with Gasteiger partial charge in [-0.2, -0.15) is 0 Å². The summed E-state index contributed by atoms with van der Waals surface area (Å²) >= 11 is 0. The van der Waals surface area contributed by atoms with E-state index in [0.29, 0.717) is 0 Å². The lowest BCUT2D eigenvalue weighted by atomic mass is 9.98. The van der Waals surface area contributed by atoms with Gasteiger partial charge < -0.3 is 15.2 Å². The van der Waals surface area contributed by atoms with Crippen LogP contribution in [0.3, 0.4) is 0 Å². The Morgan fingerprint density at radius 1 is 1.03 bits per heavy atom. The summed E-state index contributed by atoms with van der Waals surface area (Å²) in [5.74, 6) is -1.72.